The first-order chi connectivity index (χ1) is 6.31. The minimum atomic E-state index is 0. The summed E-state index contributed by atoms with van der Waals surface area (Å²) in [6.45, 7) is 1.80. The number of halogens is 1. The maximum Gasteiger partial charge on any atom is 0.0936 e. The SMILES string of the molecule is C/C(=N/O)c1cc2ccccc2s1.Cl. The van der Waals surface area contributed by atoms with Gasteiger partial charge in [-0.3, -0.25) is 0 Å². The van der Waals surface area contributed by atoms with Crippen molar-refractivity contribution in [3.8, 4) is 0 Å². The number of benzene rings is 1. The normalized spacial score (nSPS) is 11.4. The largest absolute Gasteiger partial charge is 0.411 e. The van der Waals surface area contributed by atoms with Crippen LogP contribution in [0.15, 0.2) is 35.5 Å². The number of fused-ring (bicyclic) bond motifs is 1. The van der Waals surface area contributed by atoms with Crippen molar-refractivity contribution in [2.24, 2.45) is 5.16 Å². The van der Waals surface area contributed by atoms with Gasteiger partial charge in [0.05, 0.1) is 10.6 Å². The topological polar surface area (TPSA) is 32.6 Å². The molecule has 0 aliphatic heterocycles. The highest BCUT2D eigenvalue weighted by atomic mass is 35.5. The van der Waals surface area contributed by atoms with E-state index in [1.165, 1.54) is 10.1 Å². The van der Waals surface area contributed by atoms with Gasteiger partial charge in [0.1, 0.15) is 0 Å². The summed E-state index contributed by atoms with van der Waals surface area (Å²) >= 11 is 1.64. The summed E-state index contributed by atoms with van der Waals surface area (Å²) in [5.74, 6) is 0. The third-order valence-electron chi connectivity index (χ3n) is 1.93. The molecule has 0 fully saturated rings. The summed E-state index contributed by atoms with van der Waals surface area (Å²) in [6, 6.07) is 10.2. The van der Waals surface area contributed by atoms with E-state index >= 15 is 0 Å². The smallest absolute Gasteiger partial charge is 0.0936 e. The van der Waals surface area contributed by atoms with E-state index in [0.29, 0.717) is 5.71 Å². The lowest BCUT2D eigenvalue weighted by Gasteiger charge is -1.87. The first kappa shape index (κ1) is 11.0. The van der Waals surface area contributed by atoms with Crippen molar-refractivity contribution in [2.75, 3.05) is 0 Å². The first-order valence-electron chi connectivity index (χ1n) is 3.99. The molecule has 0 saturated heterocycles. The average molecular weight is 228 g/mol. The van der Waals surface area contributed by atoms with Crippen molar-refractivity contribution >= 4 is 39.5 Å². The van der Waals surface area contributed by atoms with Crippen molar-refractivity contribution in [1.82, 2.24) is 0 Å². The zero-order valence-electron chi connectivity index (χ0n) is 7.60. The molecule has 0 aliphatic rings. The van der Waals surface area contributed by atoms with Gasteiger partial charge in [0.15, 0.2) is 0 Å². The molecule has 0 amide bonds. The lowest BCUT2D eigenvalue weighted by Crippen LogP contribution is -1.87. The van der Waals surface area contributed by atoms with Gasteiger partial charge in [0.25, 0.3) is 0 Å². The Hall–Kier alpha value is -1.06. The quantitative estimate of drug-likeness (QED) is 0.451. The van der Waals surface area contributed by atoms with Crippen LogP contribution in [0.1, 0.15) is 11.8 Å². The van der Waals surface area contributed by atoms with E-state index in [1.54, 1.807) is 18.3 Å². The minimum Gasteiger partial charge on any atom is -0.411 e. The number of oxime groups is 1. The van der Waals surface area contributed by atoms with E-state index in [4.69, 9.17) is 5.21 Å². The Morgan fingerprint density at radius 1 is 1.36 bits per heavy atom. The van der Waals surface area contributed by atoms with Crippen LogP contribution < -0.4 is 0 Å². The van der Waals surface area contributed by atoms with Gasteiger partial charge in [-0.25, -0.2) is 0 Å². The highest BCUT2D eigenvalue weighted by Crippen LogP contribution is 2.25. The molecule has 74 valence electrons. The van der Waals surface area contributed by atoms with E-state index in [2.05, 4.69) is 17.3 Å². The summed E-state index contributed by atoms with van der Waals surface area (Å²) in [5, 5.41) is 13.0. The van der Waals surface area contributed by atoms with Crippen LogP contribution in [0, 0.1) is 0 Å². The van der Waals surface area contributed by atoms with Crippen molar-refractivity contribution in [2.45, 2.75) is 6.92 Å². The summed E-state index contributed by atoms with van der Waals surface area (Å²) < 4.78 is 1.22. The fourth-order valence-corrected chi connectivity index (χ4v) is 2.21. The second-order valence-electron chi connectivity index (χ2n) is 2.83. The molecular formula is C10H10ClNOS. The van der Waals surface area contributed by atoms with Gasteiger partial charge in [-0.05, 0) is 24.4 Å². The van der Waals surface area contributed by atoms with Crippen molar-refractivity contribution < 1.29 is 5.21 Å². The van der Waals surface area contributed by atoms with Gasteiger partial charge in [0.2, 0.25) is 0 Å². The molecule has 1 N–H and O–H groups in total. The molecule has 0 spiro atoms. The number of rotatable bonds is 1. The van der Waals surface area contributed by atoms with Crippen LogP contribution in [0.5, 0.6) is 0 Å². The highest BCUT2D eigenvalue weighted by molar-refractivity contribution is 7.20. The Balaban J connectivity index is 0.000000980. The Morgan fingerprint density at radius 2 is 2.07 bits per heavy atom. The fraction of sp³-hybridized carbons (Fsp3) is 0.100. The molecule has 1 heterocycles. The first-order valence-corrected chi connectivity index (χ1v) is 4.80. The third kappa shape index (κ3) is 1.89. The maximum absolute atomic E-state index is 8.61. The predicted octanol–water partition coefficient (Wildman–Crippen LogP) is 3.52. The minimum absolute atomic E-state index is 0. The summed E-state index contributed by atoms with van der Waals surface area (Å²) in [5.41, 5.74) is 0.668. The number of thiophene rings is 1. The lowest BCUT2D eigenvalue weighted by atomic mass is 10.2. The highest BCUT2D eigenvalue weighted by Gasteiger charge is 2.03. The monoisotopic (exact) mass is 227 g/mol. The summed E-state index contributed by atoms with van der Waals surface area (Å²) in [4.78, 5) is 1.02. The van der Waals surface area contributed by atoms with Crippen molar-refractivity contribution in [1.29, 1.82) is 0 Å². The summed E-state index contributed by atoms with van der Waals surface area (Å²) in [7, 11) is 0. The molecular weight excluding hydrogens is 218 g/mol. The molecule has 1 aromatic heterocycles. The molecule has 0 radical (unpaired) electrons. The molecule has 1 aromatic carbocycles. The molecule has 14 heavy (non-hydrogen) atoms. The van der Waals surface area contributed by atoms with Crippen LogP contribution in [0.2, 0.25) is 0 Å². The maximum atomic E-state index is 8.61. The van der Waals surface area contributed by atoms with Crippen molar-refractivity contribution in [3.63, 3.8) is 0 Å². The van der Waals surface area contributed by atoms with E-state index in [1.807, 2.05) is 18.2 Å². The van der Waals surface area contributed by atoms with E-state index in [0.717, 1.165) is 4.88 Å². The molecule has 0 aliphatic carbocycles. The molecule has 0 bridgehead atoms. The van der Waals surface area contributed by atoms with Gasteiger partial charge in [0, 0.05) is 4.70 Å². The van der Waals surface area contributed by atoms with Gasteiger partial charge < -0.3 is 5.21 Å². The molecule has 0 saturated carbocycles. The zero-order valence-corrected chi connectivity index (χ0v) is 9.23. The fourth-order valence-electron chi connectivity index (χ4n) is 1.21. The molecule has 2 nitrogen and oxygen atoms in total. The van der Waals surface area contributed by atoms with Gasteiger partial charge in [-0.2, -0.15) is 0 Å². The van der Waals surface area contributed by atoms with E-state index in [-0.39, 0.29) is 12.4 Å². The third-order valence-corrected chi connectivity index (χ3v) is 3.16. The lowest BCUT2D eigenvalue weighted by molar-refractivity contribution is 0.319. The molecule has 2 aromatic rings. The van der Waals surface area contributed by atoms with Crippen LogP contribution in [-0.2, 0) is 0 Å². The number of nitrogens with zero attached hydrogens (tertiary/aromatic N) is 1. The molecule has 0 unspecified atom stereocenters. The van der Waals surface area contributed by atoms with E-state index in [9.17, 15) is 0 Å². The number of hydrogen-bond donors (Lipinski definition) is 1. The van der Waals surface area contributed by atoms with Gasteiger partial charge in [-0.1, -0.05) is 23.4 Å². The second-order valence-corrected chi connectivity index (χ2v) is 3.92. The Labute approximate surface area is 92.3 Å². The second kappa shape index (κ2) is 4.44. The molecule has 2 rings (SSSR count). The van der Waals surface area contributed by atoms with Crippen LogP contribution in [0.4, 0.5) is 0 Å². The zero-order chi connectivity index (χ0) is 9.26. The van der Waals surface area contributed by atoms with Crippen LogP contribution in [0.25, 0.3) is 10.1 Å². The Kier molecular flexibility index (Phi) is 3.49. The standard InChI is InChI=1S/C10H9NOS.ClH/c1-7(11-12)10-6-8-4-2-3-5-9(8)13-10;/h2-6,12H,1H3;1H/b11-7-;. The van der Waals surface area contributed by atoms with Gasteiger partial charge >= 0.3 is 0 Å². The predicted molar refractivity (Wildman–Crippen MR) is 63.1 cm³/mol. The van der Waals surface area contributed by atoms with E-state index < -0.39 is 0 Å². The van der Waals surface area contributed by atoms with Gasteiger partial charge in [-0.15, -0.1) is 23.7 Å². The number of hydrogen-bond acceptors (Lipinski definition) is 3. The van der Waals surface area contributed by atoms with Crippen LogP contribution in [0.3, 0.4) is 0 Å². The summed E-state index contributed by atoms with van der Waals surface area (Å²) in [6.07, 6.45) is 0. The Morgan fingerprint density at radius 3 is 2.71 bits per heavy atom. The van der Waals surface area contributed by atoms with Crippen LogP contribution >= 0.6 is 23.7 Å². The molecule has 0 atom stereocenters. The Bertz CT molecular complexity index is 431. The average Bonchev–Trinajstić information content (AvgIpc) is 2.59. The van der Waals surface area contributed by atoms with Crippen molar-refractivity contribution in [3.05, 3.63) is 35.2 Å². The molecule has 4 heteroatoms. The van der Waals surface area contributed by atoms with Crippen LogP contribution in [-0.4, -0.2) is 10.9 Å².